The van der Waals surface area contributed by atoms with Crippen molar-refractivity contribution in [1.82, 2.24) is 14.8 Å². The molecule has 0 aliphatic rings. The molecule has 8 heteroatoms. The summed E-state index contributed by atoms with van der Waals surface area (Å²) < 4.78 is 28.3. The van der Waals surface area contributed by atoms with Crippen LogP contribution in [0.3, 0.4) is 0 Å². The predicted molar refractivity (Wildman–Crippen MR) is 73.8 cm³/mol. The molecule has 0 aliphatic carbocycles. The average Bonchev–Trinajstić information content (AvgIpc) is 2.83. The molecule has 2 N–H and O–H groups in total. The molecular formula is C12H16N4O3S. The Bertz CT molecular complexity index is 709. The molecule has 0 saturated carbocycles. The number of anilines is 1. The maximum atomic E-state index is 12.2. The van der Waals surface area contributed by atoms with Crippen LogP contribution < -0.4 is 4.72 Å². The standard InChI is InChI=1S/C12H16N4O3S/c1-9-3-4-12(10(2)14-9)15-20(18,19)11-7-13-16(8-11)5-6-17/h3-4,7-8,15,17H,5-6H2,1-2H3. The Morgan fingerprint density at radius 1 is 1.35 bits per heavy atom. The van der Waals surface area contributed by atoms with Gasteiger partial charge in [-0.1, -0.05) is 0 Å². The normalized spacial score (nSPS) is 11.6. The minimum Gasteiger partial charge on any atom is -0.394 e. The molecule has 0 amide bonds. The quantitative estimate of drug-likeness (QED) is 0.846. The van der Waals surface area contributed by atoms with Crippen LogP contribution in [-0.4, -0.2) is 34.9 Å². The molecule has 0 aromatic carbocycles. The number of sulfonamides is 1. The third-order valence-corrected chi connectivity index (χ3v) is 4.04. The van der Waals surface area contributed by atoms with Crippen molar-refractivity contribution in [2.45, 2.75) is 25.3 Å². The number of aryl methyl sites for hydroxylation is 2. The molecule has 0 saturated heterocycles. The Balaban J connectivity index is 2.26. The molecule has 0 unspecified atom stereocenters. The zero-order valence-electron chi connectivity index (χ0n) is 11.2. The van der Waals surface area contributed by atoms with Crippen molar-refractivity contribution in [2.24, 2.45) is 0 Å². The second kappa shape index (κ2) is 5.59. The first-order chi connectivity index (χ1) is 9.42. The van der Waals surface area contributed by atoms with Crippen LogP contribution in [0.5, 0.6) is 0 Å². The lowest BCUT2D eigenvalue weighted by atomic mass is 10.3. The zero-order valence-corrected chi connectivity index (χ0v) is 12.1. The number of aromatic nitrogens is 3. The topological polar surface area (TPSA) is 97.1 Å². The van der Waals surface area contributed by atoms with Gasteiger partial charge in [0.25, 0.3) is 10.0 Å². The van der Waals surface area contributed by atoms with Gasteiger partial charge in [0.1, 0.15) is 4.90 Å². The van der Waals surface area contributed by atoms with Gasteiger partial charge in [0.2, 0.25) is 0 Å². The summed E-state index contributed by atoms with van der Waals surface area (Å²) in [6.45, 7) is 3.72. The summed E-state index contributed by atoms with van der Waals surface area (Å²) in [5, 5.41) is 12.7. The predicted octanol–water partition coefficient (Wildman–Crippen LogP) is 0.688. The number of nitrogens with zero attached hydrogens (tertiary/aromatic N) is 3. The fourth-order valence-corrected chi connectivity index (χ4v) is 2.78. The highest BCUT2D eigenvalue weighted by molar-refractivity contribution is 7.92. The molecule has 108 valence electrons. The molecule has 0 radical (unpaired) electrons. The van der Waals surface area contributed by atoms with Crippen LogP contribution in [-0.2, 0) is 16.6 Å². The van der Waals surface area contributed by atoms with Gasteiger partial charge in [0.15, 0.2) is 0 Å². The van der Waals surface area contributed by atoms with E-state index in [-0.39, 0.29) is 18.0 Å². The van der Waals surface area contributed by atoms with Gasteiger partial charge in [-0.05, 0) is 26.0 Å². The molecule has 2 heterocycles. The highest BCUT2D eigenvalue weighted by Gasteiger charge is 2.17. The van der Waals surface area contributed by atoms with E-state index >= 15 is 0 Å². The van der Waals surface area contributed by atoms with Gasteiger partial charge < -0.3 is 5.11 Å². The number of aliphatic hydroxyl groups is 1. The molecule has 0 spiro atoms. The fraction of sp³-hybridized carbons (Fsp3) is 0.333. The molecule has 2 rings (SSSR count). The summed E-state index contributed by atoms with van der Waals surface area (Å²) in [4.78, 5) is 4.25. The van der Waals surface area contributed by atoms with Crippen molar-refractivity contribution in [1.29, 1.82) is 0 Å². The summed E-state index contributed by atoms with van der Waals surface area (Å²) >= 11 is 0. The third-order valence-electron chi connectivity index (χ3n) is 2.72. The van der Waals surface area contributed by atoms with E-state index in [0.29, 0.717) is 11.4 Å². The summed E-state index contributed by atoms with van der Waals surface area (Å²) in [6, 6.07) is 3.41. The van der Waals surface area contributed by atoms with Gasteiger partial charge in [-0.25, -0.2) is 8.42 Å². The molecule has 0 bridgehead atoms. The number of aliphatic hydroxyl groups excluding tert-OH is 1. The van der Waals surface area contributed by atoms with Crippen molar-refractivity contribution in [2.75, 3.05) is 11.3 Å². The Morgan fingerprint density at radius 2 is 2.10 bits per heavy atom. The first-order valence-corrected chi connectivity index (χ1v) is 7.51. The summed E-state index contributed by atoms with van der Waals surface area (Å²) in [6.07, 6.45) is 2.62. The molecule has 20 heavy (non-hydrogen) atoms. The lowest BCUT2D eigenvalue weighted by Gasteiger charge is -2.09. The van der Waals surface area contributed by atoms with Crippen LogP contribution in [0.2, 0.25) is 0 Å². The lowest BCUT2D eigenvalue weighted by Crippen LogP contribution is -2.14. The van der Waals surface area contributed by atoms with Gasteiger partial charge in [-0.3, -0.25) is 14.4 Å². The van der Waals surface area contributed by atoms with E-state index in [1.54, 1.807) is 19.1 Å². The van der Waals surface area contributed by atoms with Crippen LogP contribution in [0.15, 0.2) is 29.4 Å². The van der Waals surface area contributed by atoms with Crippen molar-refractivity contribution >= 4 is 15.7 Å². The monoisotopic (exact) mass is 296 g/mol. The summed E-state index contributed by atoms with van der Waals surface area (Å²) in [5.41, 5.74) is 1.86. The van der Waals surface area contributed by atoms with Crippen molar-refractivity contribution in [3.8, 4) is 0 Å². The van der Waals surface area contributed by atoms with Crippen LogP contribution >= 0.6 is 0 Å². The second-order valence-electron chi connectivity index (χ2n) is 4.35. The zero-order chi connectivity index (χ0) is 14.8. The van der Waals surface area contributed by atoms with Crippen molar-refractivity contribution < 1.29 is 13.5 Å². The average molecular weight is 296 g/mol. The van der Waals surface area contributed by atoms with Crippen molar-refractivity contribution in [3.05, 3.63) is 35.9 Å². The molecule has 2 aromatic rings. The first-order valence-electron chi connectivity index (χ1n) is 6.03. The number of hydrogen-bond donors (Lipinski definition) is 2. The van der Waals surface area contributed by atoms with Gasteiger partial charge in [-0.15, -0.1) is 0 Å². The third kappa shape index (κ3) is 3.14. The largest absolute Gasteiger partial charge is 0.394 e. The van der Waals surface area contributed by atoms with Gasteiger partial charge >= 0.3 is 0 Å². The molecule has 0 atom stereocenters. The Hall–Kier alpha value is -1.93. The molecule has 7 nitrogen and oxygen atoms in total. The Kier molecular flexibility index (Phi) is 4.05. The SMILES string of the molecule is Cc1ccc(NS(=O)(=O)c2cnn(CCO)c2)c(C)n1. The highest BCUT2D eigenvalue weighted by Crippen LogP contribution is 2.18. The summed E-state index contributed by atoms with van der Waals surface area (Å²) in [5.74, 6) is 0. The maximum absolute atomic E-state index is 12.2. The lowest BCUT2D eigenvalue weighted by molar-refractivity contribution is 0.269. The van der Waals surface area contributed by atoms with E-state index in [1.807, 2.05) is 6.92 Å². The number of hydrogen-bond acceptors (Lipinski definition) is 5. The second-order valence-corrected chi connectivity index (χ2v) is 6.04. The van der Waals surface area contributed by atoms with Crippen LogP contribution in [0, 0.1) is 13.8 Å². The van der Waals surface area contributed by atoms with E-state index in [1.165, 1.54) is 17.1 Å². The van der Waals surface area contributed by atoms with Crippen LogP contribution in [0.25, 0.3) is 0 Å². The number of rotatable bonds is 5. The highest BCUT2D eigenvalue weighted by atomic mass is 32.2. The van der Waals surface area contributed by atoms with Gasteiger partial charge in [0, 0.05) is 11.9 Å². The maximum Gasteiger partial charge on any atom is 0.265 e. The first kappa shape index (κ1) is 14.5. The van der Waals surface area contributed by atoms with E-state index in [0.717, 1.165) is 5.69 Å². The number of pyridine rings is 1. The molecule has 0 aliphatic heterocycles. The van der Waals surface area contributed by atoms with E-state index in [2.05, 4.69) is 14.8 Å². The molecular weight excluding hydrogens is 280 g/mol. The Labute approximate surface area is 117 Å². The Morgan fingerprint density at radius 3 is 2.75 bits per heavy atom. The van der Waals surface area contributed by atoms with E-state index in [4.69, 9.17) is 5.11 Å². The minimum absolute atomic E-state index is 0.0472. The van der Waals surface area contributed by atoms with E-state index in [9.17, 15) is 8.42 Å². The molecule has 0 fully saturated rings. The van der Waals surface area contributed by atoms with Gasteiger partial charge in [0.05, 0.1) is 30.7 Å². The van der Waals surface area contributed by atoms with Crippen LogP contribution in [0.4, 0.5) is 5.69 Å². The summed E-state index contributed by atoms with van der Waals surface area (Å²) in [7, 11) is -3.70. The fourth-order valence-electron chi connectivity index (χ4n) is 1.71. The van der Waals surface area contributed by atoms with E-state index < -0.39 is 10.0 Å². The van der Waals surface area contributed by atoms with Gasteiger partial charge in [-0.2, -0.15) is 5.10 Å². The van der Waals surface area contributed by atoms with Crippen LogP contribution in [0.1, 0.15) is 11.4 Å². The number of nitrogens with one attached hydrogen (secondary N) is 1. The minimum atomic E-state index is -3.70. The smallest absolute Gasteiger partial charge is 0.265 e. The van der Waals surface area contributed by atoms with Crippen molar-refractivity contribution in [3.63, 3.8) is 0 Å². The molecule has 2 aromatic heterocycles.